The van der Waals surface area contributed by atoms with E-state index in [4.69, 9.17) is 30.7 Å². The Labute approximate surface area is 249 Å². The van der Waals surface area contributed by atoms with Gasteiger partial charge in [-0.25, -0.2) is 4.57 Å². The maximum absolute atomic E-state index is 12.5. The molecular weight excluding hydrogens is 547 g/mol. The topological polar surface area (TPSA) is 89.5 Å². The third kappa shape index (κ3) is 19.0. The molecule has 1 aromatic carbocycles. The molecule has 2 N–H and O–H groups in total. The Morgan fingerprint density at radius 2 is 1.55 bits per heavy atom. The third-order valence-electron chi connectivity index (χ3n) is 6.80. The van der Waals surface area contributed by atoms with Crippen LogP contribution in [0, 0.1) is 0 Å². The van der Waals surface area contributed by atoms with Crippen LogP contribution in [0.1, 0.15) is 102 Å². The highest BCUT2D eigenvalue weighted by molar-refractivity contribution is 7.80. The minimum absolute atomic E-state index is 0.109. The third-order valence-corrected chi connectivity index (χ3v) is 8.24. The molecule has 2 atom stereocenters. The van der Waals surface area contributed by atoms with Gasteiger partial charge >= 0.3 is 7.82 Å². The smallest absolute Gasteiger partial charge is 0.404 e. The zero-order valence-electron chi connectivity index (χ0n) is 25.4. The van der Waals surface area contributed by atoms with Gasteiger partial charge in [-0.1, -0.05) is 103 Å². The number of methoxy groups -OCH3 is 1. The Kier molecular flexibility index (Phi) is 21.5. The van der Waals surface area contributed by atoms with Crippen molar-refractivity contribution in [3.63, 3.8) is 0 Å². The van der Waals surface area contributed by atoms with Crippen LogP contribution in [0.15, 0.2) is 24.3 Å². The number of rotatable bonds is 25. The molecule has 40 heavy (non-hydrogen) atoms. The Morgan fingerprint density at radius 1 is 0.975 bits per heavy atom. The maximum Gasteiger partial charge on any atom is 0.527 e. The van der Waals surface area contributed by atoms with Crippen LogP contribution in [-0.4, -0.2) is 62.0 Å². The molecule has 0 aliphatic heterocycles. The van der Waals surface area contributed by atoms with E-state index in [0.29, 0.717) is 24.9 Å². The summed E-state index contributed by atoms with van der Waals surface area (Å²) in [7, 11) is 0.827. The van der Waals surface area contributed by atoms with Gasteiger partial charge in [-0.15, -0.1) is 0 Å². The Balaban J connectivity index is 2.13. The van der Waals surface area contributed by atoms with Crippen LogP contribution < -0.4 is 9.84 Å². The largest absolute Gasteiger partial charge is 0.527 e. The van der Waals surface area contributed by atoms with E-state index in [2.05, 4.69) is 12.2 Å². The first kappa shape index (κ1) is 36.8. The number of nitrogens with zero attached hydrogens (tertiary/aromatic N) is 1. The lowest BCUT2D eigenvalue weighted by Gasteiger charge is -2.20. The van der Waals surface area contributed by atoms with Crippen molar-refractivity contribution >= 4 is 25.2 Å². The quantitative estimate of drug-likeness (QED) is 0.0666. The van der Waals surface area contributed by atoms with Gasteiger partial charge in [0.25, 0.3) is 0 Å². The van der Waals surface area contributed by atoms with E-state index < -0.39 is 13.9 Å². The number of benzene rings is 1. The van der Waals surface area contributed by atoms with E-state index in [9.17, 15) is 9.46 Å². The number of ether oxygens (including phenoxy) is 2. The summed E-state index contributed by atoms with van der Waals surface area (Å²) in [6.45, 7) is 3.62. The second-order valence-electron chi connectivity index (χ2n) is 10.4. The van der Waals surface area contributed by atoms with Crippen LogP contribution >= 0.6 is 20.0 Å². The van der Waals surface area contributed by atoms with Gasteiger partial charge < -0.3 is 24.2 Å². The highest BCUT2D eigenvalue weighted by atomic mass is 32.1. The van der Waals surface area contributed by atoms with E-state index in [-0.39, 0.29) is 12.4 Å². The molecule has 0 bridgehead atoms. The lowest BCUT2D eigenvalue weighted by atomic mass is 10.0. The zero-order chi connectivity index (χ0) is 29.5. The summed E-state index contributed by atoms with van der Waals surface area (Å²) in [5.41, 5.74) is 0.879. The van der Waals surface area contributed by atoms with Gasteiger partial charge in [-0.3, -0.25) is 9.42 Å². The summed E-state index contributed by atoms with van der Waals surface area (Å²) in [6, 6.07) is 6.94. The molecule has 0 aromatic heterocycles. The van der Waals surface area contributed by atoms with Crippen molar-refractivity contribution in [2.45, 2.75) is 109 Å². The van der Waals surface area contributed by atoms with Gasteiger partial charge in [-0.2, -0.15) is 0 Å². The molecule has 0 fully saturated rings. The van der Waals surface area contributed by atoms with E-state index in [1.165, 1.54) is 84.2 Å². The number of unbranched alkanes of at least 4 members (excludes halogenated alkanes) is 13. The van der Waals surface area contributed by atoms with Crippen LogP contribution in [0.2, 0.25) is 0 Å². The van der Waals surface area contributed by atoms with Crippen molar-refractivity contribution in [2.24, 2.45) is 0 Å². The van der Waals surface area contributed by atoms with Crippen molar-refractivity contribution in [3.05, 3.63) is 29.8 Å². The lowest BCUT2D eigenvalue weighted by molar-refractivity contribution is -0.0197. The summed E-state index contributed by atoms with van der Waals surface area (Å²) in [5, 5.41) is 3.51. The molecule has 0 saturated heterocycles. The van der Waals surface area contributed by atoms with E-state index >= 15 is 0 Å². The van der Waals surface area contributed by atoms with E-state index in [1.807, 2.05) is 18.0 Å². The number of nitrogens with one attached hydrogen (secondary N) is 1. The molecule has 10 heteroatoms. The van der Waals surface area contributed by atoms with Gasteiger partial charge in [-0.05, 0) is 36.3 Å². The van der Waals surface area contributed by atoms with Gasteiger partial charge in [0.2, 0.25) is 0 Å². The molecule has 1 aromatic rings. The molecule has 0 aliphatic carbocycles. The first-order valence-electron chi connectivity index (χ1n) is 15.1. The molecule has 0 amide bonds. The second kappa shape index (κ2) is 23.4. The number of phosphoric ester groups is 1. The minimum Gasteiger partial charge on any atom is -0.404 e. The molecular formula is C30H55N2O6PS. The molecule has 0 spiro atoms. The van der Waals surface area contributed by atoms with Crippen molar-refractivity contribution < 1.29 is 28.0 Å². The monoisotopic (exact) mass is 602 g/mol. The van der Waals surface area contributed by atoms with Gasteiger partial charge in [0, 0.05) is 34.4 Å². The fourth-order valence-electron chi connectivity index (χ4n) is 4.37. The fraction of sp³-hybridized carbons (Fsp3) is 0.767. The molecule has 0 aliphatic rings. The van der Waals surface area contributed by atoms with Crippen molar-refractivity contribution in [1.29, 1.82) is 0 Å². The predicted octanol–water partition coefficient (Wildman–Crippen LogP) is 7.63. The molecule has 0 heterocycles. The summed E-state index contributed by atoms with van der Waals surface area (Å²) in [5.74, 6) is 0.245. The zero-order valence-corrected chi connectivity index (χ0v) is 27.1. The maximum atomic E-state index is 12.5. The highest BCUT2D eigenvalue weighted by Gasteiger charge is 2.25. The van der Waals surface area contributed by atoms with Crippen LogP contribution in [0.25, 0.3) is 0 Å². The van der Waals surface area contributed by atoms with Gasteiger partial charge in [0.1, 0.15) is 11.9 Å². The standard InChI is InChI=1S/C30H55N2O6PS/c1-5-6-7-8-9-10-11-12-13-14-15-16-17-18-22-36-25-29(35-4)26-37-39(33,34)38-28-21-19-20-27(23-28)24-32(3)30(40)31-2/h19-21,23,29H,5-18,22,24-26H2,1-4H3,(H,31,40)(H,33,34). The number of thiocarbonyl (C=S) groups is 1. The van der Waals surface area contributed by atoms with Crippen LogP contribution in [0.5, 0.6) is 5.75 Å². The fourth-order valence-corrected chi connectivity index (χ4v) is 5.22. The highest BCUT2D eigenvalue weighted by Crippen LogP contribution is 2.44. The van der Waals surface area contributed by atoms with Gasteiger partial charge in [0.15, 0.2) is 5.11 Å². The average molecular weight is 603 g/mol. The average Bonchev–Trinajstić information content (AvgIpc) is 2.93. The molecule has 0 saturated carbocycles. The predicted molar refractivity (Wildman–Crippen MR) is 168 cm³/mol. The van der Waals surface area contributed by atoms with E-state index in [0.717, 1.165) is 18.4 Å². The normalized spacial score (nSPS) is 13.5. The lowest BCUT2D eigenvalue weighted by Crippen LogP contribution is -2.34. The molecule has 0 radical (unpaired) electrons. The minimum atomic E-state index is -4.32. The first-order chi connectivity index (χ1) is 19.3. The Bertz CT molecular complexity index is 831. The Hall–Kier alpha value is -1.22. The SMILES string of the molecule is CCCCCCCCCCCCCCCCOCC(COP(=O)(O)Oc1cccc(CN(C)C(=S)NC)c1)OC. The van der Waals surface area contributed by atoms with Crippen molar-refractivity contribution in [1.82, 2.24) is 10.2 Å². The second-order valence-corrected chi connectivity index (χ2v) is 12.2. The van der Waals surface area contributed by atoms with Crippen LogP contribution in [0.4, 0.5) is 0 Å². The summed E-state index contributed by atoms with van der Waals surface area (Å²) in [4.78, 5) is 12.0. The van der Waals surface area contributed by atoms with Crippen molar-refractivity contribution in [2.75, 3.05) is 41.0 Å². The number of hydrogen-bond donors (Lipinski definition) is 2. The summed E-state index contributed by atoms with van der Waals surface area (Å²) < 4.78 is 34.0. The van der Waals surface area contributed by atoms with Crippen LogP contribution in [0.3, 0.4) is 0 Å². The number of phosphoric acid groups is 1. The molecule has 1 rings (SSSR count). The van der Waals surface area contributed by atoms with Crippen LogP contribution in [-0.2, 0) is 25.1 Å². The van der Waals surface area contributed by atoms with Crippen molar-refractivity contribution in [3.8, 4) is 5.75 Å². The number of hydrogen-bond acceptors (Lipinski definition) is 6. The van der Waals surface area contributed by atoms with Gasteiger partial charge in [0.05, 0.1) is 13.2 Å². The Morgan fingerprint density at radius 3 is 2.10 bits per heavy atom. The summed E-state index contributed by atoms with van der Waals surface area (Å²) in [6.07, 6.45) is 18.0. The summed E-state index contributed by atoms with van der Waals surface area (Å²) >= 11 is 5.22. The molecule has 8 nitrogen and oxygen atoms in total. The first-order valence-corrected chi connectivity index (χ1v) is 17.0. The van der Waals surface area contributed by atoms with E-state index in [1.54, 1.807) is 25.2 Å². The molecule has 2 unspecified atom stereocenters. The molecule has 232 valence electrons.